The highest BCUT2D eigenvalue weighted by atomic mass is 79.9. The van der Waals surface area contributed by atoms with Gasteiger partial charge in [0.05, 0.1) is 9.85 Å². The van der Waals surface area contributed by atoms with Gasteiger partial charge >= 0.3 is 0 Å². The monoisotopic (exact) mass is 382 g/mol. The van der Waals surface area contributed by atoms with Crippen LogP contribution in [-0.4, -0.2) is 0 Å². The van der Waals surface area contributed by atoms with Gasteiger partial charge in [0, 0.05) is 9.35 Å². The number of hydrogen-bond acceptors (Lipinski definition) is 1. The maximum absolute atomic E-state index is 13.3. The van der Waals surface area contributed by atoms with Crippen molar-refractivity contribution in [3.8, 4) is 0 Å². The van der Waals surface area contributed by atoms with Crippen molar-refractivity contribution in [3.05, 3.63) is 55.4 Å². The lowest BCUT2D eigenvalue weighted by Gasteiger charge is -2.11. The standard InChI is InChI=1S/C11H6Br2ClFS/c12-7-4-5-16-11(7)9(13)6-2-1-3-8(15)10(6)14/h1-5,9H. The van der Waals surface area contributed by atoms with Crippen molar-refractivity contribution in [1.82, 2.24) is 0 Å². The normalized spacial score (nSPS) is 12.8. The van der Waals surface area contributed by atoms with Crippen LogP contribution in [0.15, 0.2) is 34.1 Å². The summed E-state index contributed by atoms with van der Waals surface area (Å²) in [5.41, 5.74) is 0.741. The van der Waals surface area contributed by atoms with Crippen molar-refractivity contribution in [2.75, 3.05) is 0 Å². The first kappa shape index (κ1) is 12.6. The fourth-order valence-corrected chi connectivity index (χ4v) is 4.56. The molecule has 0 nitrogen and oxygen atoms in total. The Bertz CT molecular complexity index is 512. The molecule has 1 aromatic carbocycles. The molecule has 0 spiro atoms. The molecule has 0 saturated carbocycles. The van der Waals surface area contributed by atoms with Crippen LogP contribution in [0.4, 0.5) is 4.39 Å². The highest BCUT2D eigenvalue weighted by Gasteiger charge is 2.19. The summed E-state index contributed by atoms with van der Waals surface area (Å²) in [4.78, 5) is 0.984. The Morgan fingerprint density at radius 2 is 2.06 bits per heavy atom. The van der Waals surface area contributed by atoms with Crippen molar-refractivity contribution < 1.29 is 4.39 Å². The highest BCUT2D eigenvalue weighted by Crippen LogP contribution is 2.41. The van der Waals surface area contributed by atoms with Crippen LogP contribution in [0.25, 0.3) is 0 Å². The summed E-state index contributed by atoms with van der Waals surface area (Å²) in [7, 11) is 0. The average molecular weight is 384 g/mol. The van der Waals surface area contributed by atoms with E-state index in [1.807, 2.05) is 17.5 Å². The molecule has 0 amide bonds. The van der Waals surface area contributed by atoms with Crippen molar-refractivity contribution in [1.29, 1.82) is 0 Å². The Kier molecular flexibility index (Phi) is 4.06. The van der Waals surface area contributed by atoms with E-state index >= 15 is 0 Å². The lowest BCUT2D eigenvalue weighted by molar-refractivity contribution is 0.626. The fourth-order valence-electron chi connectivity index (χ4n) is 1.34. The molecule has 1 unspecified atom stereocenters. The van der Waals surface area contributed by atoms with Gasteiger partial charge in [0.2, 0.25) is 0 Å². The Balaban J connectivity index is 2.46. The summed E-state index contributed by atoms with van der Waals surface area (Å²) in [6, 6.07) is 6.79. The quantitative estimate of drug-likeness (QED) is 0.575. The molecule has 0 saturated heterocycles. The number of benzene rings is 1. The molecule has 16 heavy (non-hydrogen) atoms. The van der Waals surface area contributed by atoms with E-state index in [2.05, 4.69) is 31.9 Å². The minimum absolute atomic E-state index is 0.0925. The third-order valence-electron chi connectivity index (χ3n) is 2.13. The van der Waals surface area contributed by atoms with Gasteiger partial charge in [-0.2, -0.15) is 0 Å². The van der Waals surface area contributed by atoms with Gasteiger partial charge < -0.3 is 0 Å². The van der Waals surface area contributed by atoms with E-state index in [9.17, 15) is 4.39 Å². The van der Waals surface area contributed by atoms with E-state index < -0.39 is 5.82 Å². The van der Waals surface area contributed by atoms with Gasteiger partial charge in [0.15, 0.2) is 0 Å². The minimum atomic E-state index is -0.392. The summed E-state index contributed by atoms with van der Waals surface area (Å²) in [5.74, 6) is -0.392. The lowest BCUT2D eigenvalue weighted by atomic mass is 10.1. The smallest absolute Gasteiger partial charge is 0.142 e. The molecule has 2 rings (SSSR count). The van der Waals surface area contributed by atoms with Gasteiger partial charge in [-0.1, -0.05) is 39.7 Å². The van der Waals surface area contributed by atoms with Crippen molar-refractivity contribution in [2.45, 2.75) is 4.83 Å². The molecular weight excluding hydrogens is 378 g/mol. The Hall–Kier alpha value is 0.1000. The number of hydrogen-bond donors (Lipinski definition) is 0. The third-order valence-corrected chi connectivity index (χ3v) is 5.72. The molecule has 0 aliphatic rings. The van der Waals surface area contributed by atoms with E-state index in [0.717, 1.165) is 14.9 Å². The largest absolute Gasteiger partial charge is 0.205 e. The van der Waals surface area contributed by atoms with Crippen LogP contribution < -0.4 is 0 Å². The van der Waals surface area contributed by atoms with E-state index in [1.165, 1.54) is 6.07 Å². The van der Waals surface area contributed by atoms with Gasteiger partial charge in [0.25, 0.3) is 0 Å². The van der Waals surface area contributed by atoms with Gasteiger partial charge in [0.1, 0.15) is 5.82 Å². The maximum Gasteiger partial charge on any atom is 0.142 e. The summed E-state index contributed by atoms with van der Waals surface area (Å²) >= 11 is 14.5. The lowest BCUT2D eigenvalue weighted by Crippen LogP contribution is -1.93. The Morgan fingerprint density at radius 1 is 1.31 bits per heavy atom. The topological polar surface area (TPSA) is 0 Å². The molecule has 1 heterocycles. The van der Waals surface area contributed by atoms with Crippen LogP contribution in [0.3, 0.4) is 0 Å². The van der Waals surface area contributed by atoms with Gasteiger partial charge in [-0.05, 0) is 39.0 Å². The van der Waals surface area contributed by atoms with Gasteiger partial charge in [-0.15, -0.1) is 11.3 Å². The second kappa shape index (κ2) is 5.17. The summed E-state index contributed by atoms with van der Waals surface area (Å²) in [5, 5.41) is 2.14. The molecule has 1 atom stereocenters. The van der Waals surface area contributed by atoms with E-state index in [4.69, 9.17) is 11.6 Å². The second-order valence-electron chi connectivity index (χ2n) is 3.14. The molecule has 2 aromatic rings. The first-order chi connectivity index (χ1) is 7.61. The molecular formula is C11H6Br2ClFS. The minimum Gasteiger partial charge on any atom is -0.205 e. The van der Waals surface area contributed by atoms with Crippen molar-refractivity contribution in [3.63, 3.8) is 0 Å². The van der Waals surface area contributed by atoms with Crippen LogP contribution in [0.1, 0.15) is 15.3 Å². The van der Waals surface area contributed by atoms with Gasteiger partial charge in [-0.3, -0.25) is 0 Å². The second-order valence-corrected chi connectivity index (χ2v) is 6.23. The molecule has 1 aromatic heterocycles. The summed E-state index contributed by atoms with van der Waals surface area (Å²) < 4.78 is 14.3. The van der Waals surface area contributed by atoms with Crippen LogP contribution in [0, 0.1) is 5.82 Å². The number of thiophene rings is 1. The molecule has 0 fully saturated rings. The van der Waals surface area contributed by atoms with Crippen molar-refractivity contribution in [2.24, 2.45) is 0 Å². The zero-order valence-electron chi connectivity index (χ0n) is 7.88. The van der Waals surface area contributed by atoms with E-state index in [-0.39, 0.29) is 9.85 Å². The molecule has 5 heteroatoms. The summed E-state index contributed by atoms with van der Waals surface area (Å²) in [6.45, 7) is 0. The van der Waals surface area contributed by atoms with Gasteiger partial charge in [-0.25, -0.2) is 4.39 Å². The Morgan fingerprint density at radius 3 is 2.69 bits per heavy atom. The summed E-state index contributed by atoms with van der Waals surface area (Å²) in [6.07, 6.45) is 0. The molecule has 0 N–H and O–H groups in total. The van der Waals surface area contributed by atoms with Crippen LogP contribution >= 0.6 is 54.8 Å². The molecule has 0 aliphatic heterocycles. The van der Waals surface area contributed by atoms with E-state index in [1.54, 1.807) is 17.4 Å². The molecule has 0 bridgehead atoms. The maximum atomic E-state index is 13.3. The zero-order chi connectivity index (χ0) is 11.7. The molecule has 0 aliphatic carbocycles. The third kappa shape index (κ3) is 2.35. The Labute approximate surface area is 119 Å². The van der Waals surface area contributed by atoms with Crippen LogP contribution in [-0.2, 0) is 0 Å². The SMILES string of the molecule is Fc1cccc(C(Br)c2sccc2Br)c1Cl. The first-order valence-electron chi connectivity index (χ1n) is 4.42. The predicted octanol–water partition coefficient (Wildman–Crippen LogP) is 5.79. The van der Waals surface area contributed by atoms with Crippen molar-refractivity contribution >= 4 is 54.8 Å². The van der Waals surface area contributed by atoms with Crippen LogP contribution in [0.5, 0.6) is 0 Å². The fraction of sp³-hybridized carbons (Fsp3) is 0.0909. The highest BCUT2D eigenvalue weighted by molar-refractivity contribution is 9.11. The van der Waals surface area contributed by atoms with E-state index in [0.29, 0.717) is 0 Å². The number of alkyl halides is 1. The molecule has 84 valence electrons. The number of halogens is 4. The number of rotatable bonds is 2. The van der Waals surface area contributed by atoms with Crippen LogP contribution in [0.2, 0.25) is 5.02 Å². The zero-order valence-corrected chi connectivity index (χ0v) is 12.6. The molecule has 0 radical (unpaired) electrons. The first-order valence-corrected chi connectivity index (χ1v) is 7.38. The predicted molar refractivity (Wildman–Crippen MR) is 74.2 cm³/mol. The average Bonchev–Trinajstić information content (AvgIpc) is 2.68.